The summed E-state index contributed by atoms with van der Waals surface area (Å²) in [6.45, 7) is 2.24. The summed E-state index contributed by atoms with van der Waals surface area (Å²) in [5.41, 5.74) is 2.88. The Kier molecular flexibility index (Phi) is 13.0. The number of hydrazine groups is 1. The Labute approximate surface area is 151 Å². The van der Waals surface area contributed by atoms with Crippen LogP contribution in [0.3, 0.4) is 0 Å². The number of nitrogen functional groups attached to an aromatic ring is 1. The monoisotopic (exact) mass is 354 g/mol. The molecule has 1 amide bonds. The van der Waals surface area contributed by atoms with Crippen molar-refractivity contribution in [3.63, 3.8) is 0 Å². The molecule has 0 aliphatic carbocycles. The number of nitrogens with one attached hydrogen (secondary N) is 1. The van der Waals surface area contributed by atoms with Crippen molar-refractivity contribution in [3.05, 3.63) is 35.4 Å². The second kappa shape index (κ2) is 13.9. The summed E-state index contributed by atoms with van der Waals surface area (Å²) < 4.78 is 0. The highest BCUT2D eigenvalue weighted by Gasteiger charge is 2.11. The van der Waals surface area contributed by atoms with Crippen LogP contribution in [0.25, 0.3) is 6.08 Å². The van der Waals surface area contributed by atoms with Crippen LogP contribution in [0.2, 0.25) is 0 Å². The lowest BCUT2D eigenvalue weighted by atomic mass is 10.1. The fourth-order valence-electron chi connectivity index (χ4n) is 2.56. The van der Waals surface area contributed by atoms with Gasteiger partial charge in [0.1, 0.15) is 5.75 Å². The van der Waals surface area contributed by atoms with Crippen LogP contribution in [0.4, 0.5) is 0 Å². The van der Waals surface area contributed by atoms with Gasteiger partial charge in [-0.2, -0.15) is 0 Å². The molecule has 5 heteroatoms. The van der Waals surface area contributed by atoms with E-state index in [-0.39, 0.29) is 23.7 Å². The Bertz CT molecular complexity index is 504. The molecule has 4 N–H and O–H groups in total. The second-order valence-corrected chi connectivity index (χ2v) is 5.88. The number of allylic oxidation sites excluding steroid dienone is 1. The summed E-state index contributed by atoms with van der Waals surface area (Å²) in [6, 6.07) is 5.07. The van der Waals surface area contributed by atoms with Crippen LogP contribution in [0.5, 0.6) is 5.75 Å². The fourth-order valence-corrected chi connectivity index (χ4v) is 2.56. The molecule has 0 saturated carbocycles. The minimum Gasteiger partial charge on any atom is -0.506 e. The van der Waals surface area contributed by atoms with Gasteiger partial charge >= 0.3 is 0 Å². The number of halogens is 1. The van der Waals surface area contributed by atoms with Crippen molar-refractivity contribution in [1.82, 2.24) is 5.43 Å². The third-order valence-corrected chi connectivity index (χ3v) is 3.96. The minimum atomic E-state index is -0.485. The van der Waals surface area contributed by atoms with Crippen LogP contribution < -0.4 is 11.3 Å². The van der Waals surface area contributed by atoms with Crippen molar-refractivity contribution in [2.45, 2.75) is 64.7 Å². The van der Waals surface area contributed by atoms with Gasteiger partial charge in [0.15, 0.2) is 0 Å². The zero-order valence-electron chi connectivity index (χ0n) is 14.6. The molecule has 0 unspecified atom stereocenters. The molecule has 0 aromatic heterocycles. The number of amides is 1. The number of aromatic hydroxyl groups is 1. The molecule has 0 aliphatic rings. The molecular formula is C19H31ClN2O2. The maximum absolute atomic E-state index is 11.5. The smallest absolute Gasteiger partial charge is 0.268 e. The van der Waals surface area contributed by atoms with E-state index >= 15 is 0 Å². The van der Waals surface area contributed by atoms with Gasteiger partial charge in [0, 0.05) is 5.56 Å². The number of benzene rings is 1. The van der Waals surface area contributed by atoms with E-state index in [4.69, 9.17) is 5.84 Å². The lowest BCUT2D eigenvalue weighted by Gasteiger charge is -2.05. The topological polar surface area (TPSA) is 75.4 Å². The van der Waals surface area contributed by atoms with E-state index < -0.39 is 5.91 Å². The highest BCUT2D eigenvalue weighted by atomic mass is 35.5. The summed E-state index contributed by atoms with van der Waals surface area (Å²) in [5, 5.41) is 10.1. The van der Waals surface area contributed by atoms with Crippen LogP contribution in [-0.4, -0.2) is 11.0 Å². The van der Waals surface area contributed by atoms with E-state index in [1.807, 2.05) is 11.5 Å². The molecule has 1 rings (SSSR count). The Hall–Kier alpha value is -1.52. The third kappa shape index (κ3) is 8.37. The van der Waals surface area contributed by atoms with Gasteiger partial charge in [0.05, 0.1) is 5.56 Å². The highest BCUT2D eigenvalue weighted by molar-refractivity contribution is 5.97. The average Bonchev–Trinajstić information content (AvgIpc) is 2.57. The number of unbranched alkanes of at least 4 members (excludes halogenated alkanes) is 8. The molecule has 0 spiro atoms. The standard InChI is InChI=1S/C19H30N2O2.ClH/c1-2-3-4-5-6-7-8-9-10-11-13-16-14-12-15-17(18(16)22)19(23)21-20;/h11-15,22H,2-10,20H2,1H3,(H,21,23);1H. The first kappa shape index (κ1) is 22.5. The fraction of sp³-hybridized carbons (Fsp3) is 0.526. The van der Waals surface area contributed by atoms with Crippen molar-refractivity contribution >= 4 is 24.4 Å². The van der Waals surface area contributed by atoms with Crippen LogP contribution in [-0.2, 0) is 0 Å². The first-order valence-corrected chi connectivity index (χ1v) is 8.70. The van der Waals surface area contributed by atoms with E-state index in [0.29, 0.717) is 5.56 Å². The Morgan fingerprint density at radius 3 is 2.38 bits per heavy atom. The molecule has 0 atom stereocenters. The predicted octanol–water partition coefficient (Wildman–Crippen LogP) is 4.96. The first-order chi connectivity index (χ1) is 11.2. The van der Waals surface area contributed by atoms with Crippen LogP contribution in [0, 0.1) is 0 Å². The van der Waals surface area contributed by atoms with Gasteiger partial charge in [-0.25, -0.2) is 5.84 Å². The molecule has 4 nitrogen and oxygen atoms in total. The van der Waals surface area contributed by atoms with Gasteiger partial charge in [-0.3, -0.25) is 10.2 Å². The molecule has 0 heterocycles. The predicted molar refractivity (Wildman–Crippen MR) is 103 cm³/mol. The lowest BCUT2D eigenvalue weighted by molar-refractivity contribution is 0.0951. The summed E-state index contributed by atoms with van der Waals surface area (Å²) in [6.07, 6.45) is 15.3. The van der Waals surface area contributed by atoms with Crippen molar-refractivity contribution < 1.29 is 9.90 Å². The number of phenols is 1. The van der Waals surface area contributed by atoms with E-state index in [2.05, 4.69) is 13.0 Å². The van der Waals surface area contributed by atoms with Crippen molar-refractivity contribution in [2.24, 2.45) is 5.84 Å². The summed E-state index contributed by atoms with van der Waals surface area (Å²) in [4.78, 5) is 11.5. The van der Waals surface area contributed by atoms with Gasteiger partial charge in [-0.05, 0) is 18.9 Å². The lowest BCUT2D eigenvalue weighted by Crippen LogP contribution is -2.30. The minimum absolute atomic E-state index is 0. The number of para-hydroxylation sites is 1. The van der Waals surface area contributed by atoms with E-state index in [1.54, 1.807) is 18.2 Å². The van der Waals surface area contributed by atoms with Crippen molar-refractivity contribution in [3.8, 4) is 5.75 Å². The molecule has 0 fully saturated rings. The SMILES string of the molecule is CCCCCCCCCCC=Cc1cccc(C(=O)NN)c1O.Cl. The van der Waals surface area contributed by atoms with Gasteiger partial charge in [0.2, 0.25) is 0 Å². The highest BCUT2D eigenvalue weighted by Crippen LogP contribution is 2.23. The Morgan fingerprint density at radius 1 is 1.12 bits per heavy atom. The average molecular weight is 355 g/mol. The first-order valence-electron chi connectivity index (χ1n) is 8.70. The summed E-state index contributed by atoms with van der Waals surface area (Å²) >= 11 is 0. The maximum atomic E-state index is 11.5. The molecule has 0 radical (unpaired) electrons. The van der Waals surface area contributed by atoms with Gasteiger partial charge in [-0.1, -0.05) is 76.2 Å². The zero-order chi connectivity index (χ0) is 16.9. The summed E-state index contributed by atoms with van der Waals surface area (Å²) in [5.74, 6) is 4.59. The molecule has 1 aromatic rings. The second-order valence-electron chi connectivity index (χ2n) is 5.88. The Morgan fingerprint density at radius 2 is 1.75 bits per heavy atom. The summed E-state index contributed by atoms with van der Waals surface area (Å²) in [7, 11) is 0. The van der Waals surface area contributed by atoms with E-state index in [0.717, 1.165) is 12.8 Å². The number of carbonyl (C=O) groups excluding carboxylic acids is 1. The van der Waals surface area contributed by atoms with Crippen LogP contribution in [0.15, 0.2) is 24.3 Å². The zero-order valence-corrected chi connectivity index (χ0v) is 15.4. The van der Waals surface area contributed by atoms with Crippen LogP contribution in [0.1, 0.15) is 80.6 Å². The molecule has 0 bridgehead atoms. The molecule has 136 valence electrons. The molecular weight excluding hydrogens is 324 g/mol. The number of nitrogens with two attached hydrogens (primary N) is 1. The van der Waals surface area contributed by atoms with E-state index in [1.165, 1.54) is 44.9 Å². The Balaban J connectivity index is 0.00000529. The van der Waals surface area contributed by atoms with Crippen LogP contribution >= 0.6 is 12.4 Å². The van der Waals surface area contributed by atoms with Gasteiger partial charge in [-0.15, -0.1) is 12.4 Å². The molecule has 0 saturated heterocycles. The maximum Gasteiger partial charge on any atom is 0.268 e. The third-order valence-electron chi connectivity index (χ3n) is 3.96. The van der Waals surface area contributed by atoms with Crippen molar-refractivity contribution in [1.29, 1.82) is 0 Å². The van der Waals surface area contributed by atoms with Crippen molar-refractivity contribution in [2.75, 3.05) is 0 Å². The number of hydrogen-bond donors (Lipinski definition) is 3. The number of carbonyl (C=O) groups is 1. The normalized spacial score (nSPS) is 10.6. The van der Waals surface area contributed by atoms with E-state index in [9.17, 15) is 9.90 Å². The quantitative estimate of drug-likeness (QED) is 0.227. The molecule has 0 aliphatic heterocycles. The molecule has 1 aromatic carbocycles. The number of phenolic OH excluding ortho intramolecular Hbond substituents is 1. The number of rotatable bonds is 11. The largest absolute Gasteiger partial charge is 0.506 e. The molecule has 24 heavy (non-hydrogen) atoms. The number of hydrogen-bond acceptors (Lipinski definition) is 3. The van der Waals surface area contributed by atoms with Gasteiger partial charge in [0.25, 0.3) is 5.91 Å². The van der Waals surface area contributed by atoms with Gasteiger partial charge < -0.3 is 5.11 Å².